The van der Waals surface area contributed by atoms with E-state index in [1.165, 1.54) is 7.11 Å². The molecule has 1 atom stereocenters. The zero-order chi connectivity index (χ0) is 10.6. The zero-order valence-corrected chi connectivity index (χ0v) is 8.15. The Bertz CT molecular complexity index is 379. The largest absolute Gasteiger partial charge is 0.496 e. The highest BCUT2D eigenvalue weighted by molar-refractivity contribution is 5.79. The van der Waals surface area contributed by atoms with Gasteiger partial charge < -0.3 is 4.74 Å². The molecule has 1 aromatic carbocycles. The fourth-order valence-corrected chi connectivity index (χ4v) is 1.19. The van der Waals surface area contributed by atoms with Crippen molar-refractivity contribution in [2.24, 2.45) is 0 Å². The number of aldehydes is 1. The van der Waals surface area contributed by atoms with E-state index >= 15 is 0 Å². The van der Waals surface area contributed by atoms with Gasteiger partial charge in [-0.05, 0) is 24.6 Å². The number of hydrogen-bond donors (Lipinski definition) is 0. The average Bonchev–Trinajstić information content (AvgIpc) is 2.26. The molecule has 3 heteroatoms. The van der Waals surface area contributed by atoms with Gasteiger partial charge in [-0.15, -0.1) is 0 Å². The SMILES string of the molecule is COc1ccc(C(C)C#N)cc1C=O. The van der Waals surface area contributed by atoms with E-state index in [0.717, 1.165) is 11.8 Å². The molecule has 0 bridgehead atoms. The first kappa shape index (κ1) is 10.3. The Morgan fingerprint density at radius 1 is 1.57 bits per heavy atom. The molecule has 3 nitrogen and oxygen atoms in total. The number of carbonyl (C=O) groups excluding carboxylic acids is 1. The first-order chi connectivity index (χ1) is 6.72. The van der Waals surface area contributed by atoms with Crippen LogP contribution >= 0.6 is 0 Å². The first-order valence-electron chi connectivity index (χ1n) is 4.25. The van der Waals surface area contributed by atoms with E-state index in [9.17, 15) is 4.79 Å². The normalized spacial score (nSPS) is 11.5. The summed E-state index contributed by atoms with van der Waals surface area (Å²) < 4.78 is 4.99. The lowest BCUT2D eigenvalue weighted by atomic mass is 10.0. The molecule has 0 aromatic heterocycles. The number of nitriles is 1. The van der Waals surface area contributed by atoms with Gasteiger partial charge in [0.1, 0.15) is 5.75 Å². The van der Waals surface area contributed by atoms with E-state index in [4.69, 9.17) is 10.00 Å². The number of methoxy groups -OCH3 is 1. The van der Waals surface area contributed by atoms with Crippen LogP contribution in [0.3, 0.4) is 0 Å². The van der Waals surface area contributed by atoms with Crippen LogP contribution < -0.4 is 4.74 Å². The minimum Gasteiger partial charge on any atom is -0.496 e. The van der Waals surface area contributed by atoms with Crippen LogP contribution in [0.4, 0.5) is 0 Å². The summed E-state index contributed by atoms with van der Waals surface area (Å²) in [6.07, 6.45) is 0.729. The summed E-state index contributed by atoms with van der Waals surface area (Å²) in [5, 5.41) is 8.71. The van der Waals surface area contributed by atoms with Gasteiger partial charge >= 0.3 is 0 Å². The van der Waals surface area contributed by atoms with E-state index in [-0.39, 0.29) is 5.92 Å². The van der Waals surface area contributed by atoms with Gasteiger partial charge in [0.25, 0.3) is 0 Å². The Morgan fingerprint density at radius 2 is 2.29 bits per heavy atom. The van der Waals surface area contributed by atoms with Crippen molar-refractivity contribution in [1.29, 1.82) is 5.26 Å². The van der Waals surface area contributed by atoms with Gasteiger partial charge in [0.05, 0.1) is 24.7 Å². The fourth-order valence-electron chi connectivity index (χ4n) is 1.19. The van der Waals surface area contributed by atoms with Crippen LogP contribution in [0.2, 0.25) is 0 Å². The molecule has 0 radical (unpaired) electrons. The van der Waals surface area contributed by atoms with E-state index < -0.39 is 0 Å². The Balaban J connectivity index is 3.15. The van der Waals surface area contributed by atoms with Crippen molar-refractivity contribution >= 4 is 6.29 Å². The lowest BCUT2D eigenvalue weighted by molar-refractivity contribution is 0.112. The van der Waals surface area contributed by atoms with E-state index in [1.807, 2.05) is 0 Å². The van der Waals surface area contributed by atoms with Gasteiger partial charge in [-0.3, -0.25) is 4.79 Å². The third-order valence-corrected chi connectivity index (χ3v) is 2.07. The quantitative estimate of drug-likeness (QED) is 0.684. The van der Waals surface area contributed by atoms with Crippen LogP contribution in [-0.2, 0) is 0 Å². The minimum atomic E-state index is -0.209. The van der Waals surface area contributed by atoms with Crippen molar-refractivity contribution in [3.8, 4) is 11.8 Å². The summed E-state index contributed by atoms with van der Waals surface area (Å²) in [5.41, 5.74) is 1.31. The molecule has 0 amide bonds. The highest BCUT2D eigenvalue weighted by Gasteiger charge is 2.07. The topological polar surface area (TPSA) is 50.1 Å². The molecule has 0 aliphatic heterocycles. The predicted octanol–water partition coefficient (Wildman–Crippen LogP) is 2.13. The molecule has 1 rings (SSSR count). The number of ether oxygens (including phenoxy) is 1. The second-order valence-corrected chi connectivity index (χ2v) is 2.97. The zero-order valence-electron chi connectivity index (χ0n) is 8.15. The Labute approximate surface area is 82.9 Å². The number of benzene rings is 1. The molecule has 0 spiro atoms. The Morgan fingerprint density at radius 3 is 2.79 bits per heavy atom. The monoisotopic (exact) mass is 189 g/mol. The maximum atomic E-state index is 10.7. The summed E-state index contributed by atoms with van der Waals surface area (Å²) in [7, 11) is 1.51. The maximum Gasteiger partial charge on any atom is 0.153 e. The van der Waals surface area contributed by atoms with Crippen molar-refractivity contribution in [3.63, 3.8) is 0 Å². The van der Waals surface area contributed by atoms with E-state index in [1.54, 1.807) is 25.1 Å². The molecule has 72 valence electrons. The van der Waals surface area contributed by atoms with Gasteiger partial charge in [-0.25, -0.2) is 0 Å². The summed E-state index contributed by atoms with van der Waals surface area (Å²) in [5.74, 6) is 0.327. The molecule has 0 saturated heterocycles. The van der Waals surface area contributed by atoms with Crippen LogP contribution in [-0.4, -0.2) is 13.4 Å². The molecular weight excluding hydrogens is 178 g/mol. The highest BCUT2D eigenvalue weighted by atomic mass is 16.5. The predicted molar refractivity (Wildman–Crippen MR) is 52.4 cm³/mol. The van der Waals surface area contributed by atoms with Crippen LogP contribution in [0.15, 0.2) is 18.2 Å². The third kappa shape index (κ3) is 1.91. The molecule has 0 saturated carbocycles. The van der Waals surface area contributed by atoms with E-state index in [0.29, 0.717) is 11.3 Å². The highest BCUT2D eigenvalue weighted by Crippen LogP contribution is 2.22. The van der Waals surface area contributed by atoms with Crippen molar-refractivity contribution in [3.05, 3.63) is 29.3 Å². The molecule has 14 heavy (non-hydrogen) atoms. The summed E-state index contributed by atoms with van der Waals surface area (Å²) in [6.45, 7) is 1.79. The molecule has 0 N–H and O–H groups in total. The van der Waals surface area contributed by atoms with Crippen LogP contribution in [0.1, 0.15) is 28.8 Å². The standard InChI is InChI=1S/C11H11NO2/c1-8(6-12)9-3-4-11(14-2)10(5-9)7-13/h3-5,7-8H,1-2H3. The van der Waals surface area contributed by atoms with E-state index in [2.05, 4.69) is 6.07 Å². The first-order valence-corrected chi connectivity index (χ1v) is 4.25. The smallest absolute Gasteiger partial charge is 0.153 e. The third-order valence-electron chi connectivity index (χ3n) is 2.07. The van der Waals surface area contributed by atoms with Gasteiger partial charge in [-0.2, -0.15) is 5.26 Å². The molecule has 1 unspecified atom stereocenters. The molecular formula is C11H11NO2. The number of nitrogens with zero attached hydrogens (tertiary/aromatic N) is 1. The second kappa shape index (κ2) is 4.43. The number of hydrogen-bond acceptors (Lipinski definition) is 3. The average molecular weight is 189 g/mol. The molecule has 0 aliphatic rings. The lowest BCUT2D eigenvalue weighted by Crippen LogP contribution is -1.95. The van der Waals surface area contributed by atoms with Crippen molar-refractivity contribution in [2.75, 3.05) is 7.11 Å². The van der Waals surface area contributed by atoms with Crippen LogP contribution in [0.5, 0.6) is 5.75 Å². The van der Waals surface area contributed by atoms with Gasteiger partial charge in [0.2, 0.25) is 0 Å². The Hall–Kier alpha value is -1.82. The number of carbonyl (C=O) groups is 1. The molecule has 0 heterocycles. The summed E-state index contributed by atoms with van der Waals surface area (Å²) >= 11 is 0. The van der Waals surface area contributed by atoms with Gasteiger partial charge in [-0.1, -0.05) is 6.07 Å². The Kier molecular flexibility index (Phi) is 3.24. The van der Waals surface area contributed by atoms with Gasteiger partial charge in [0.15, 0.2) is 6.29 Å². The van der Waals surface area contributed by atoms with Crippen molar-refractivity contribution in [2.45, 2.75) is 12.8 Å². The number of rotatable bonds is 3. The fraction of sp³-hybridized carbons (Fsp3) is 0.273. The van der Waals surface area contributed by atoms with Crippen molar-refractivity contribution in [1.82, 2.24) is 0 Å². The van der Waals surface area contributed by atoms with Crippen molar-refractivity contribution < 1.29 is 9.53 Å². The molecule has 0 aliphatic carbocycles. The second-order valence-electron chi connectivity index (χ2n) is 2.97. The maximum absolute atomic E-state index is 10.7. The lowest BCUT2D eigenvalue weighted by Gasteiger charge is -2.07. The van der Waals surface area contributed by atoms with Crippen LogP contribution in [0.25, 0.3) is 0 Å². The molecule has 0 fully saturated rings. The minimum absolute atomic E-state index is 0.209. The summed E-state index contributed by atoms with van der Waals surface area (Å²) in [6, 6.07) is 7.29. The summed E-state index contributed by atoms with van der Waals surface area (Å²) in [4.78, 5) is 10.7. The van der Waals surface area contributed by atoms with Crippen LogP contribution in [0, 0.1) is 11.3 Å². The molecule has 1 aromatic rings. The van der Waals surface area contributed by atoms with Gasteiger partial charge in [0, 0.05) is 0 Å².